The van der Waals surface area contributed by atoms with Crippen LogP contribution in [0.4, 0.5) is 0 Å². The van der Waals surface area contributed by atoms with Crippen molar-refractivity contribution in [1.29, 1.82) is 0 Å². The van der Waals surface area contributed by atoms with Gasteiger partial charge >= 0.3 is 0 Å². The fraction of sp³-hybridized carbons (Fsp3) is 0.250. The lowest BCUT2D eigenvalue weighted by Crippen LogP contribution is -1.99. The summed E-state index contributed by atoms with van der Waals surface area (Å²) < 4.78 is 0. The summed E-state index contributed by atoms with van der Waals surface area (Å²) in [5.41, 5.74) is 1.42. The van der Waals surface area contributed by atoms with E-state index in [1.807, 2.05) is 0 Å². The molecule has 0 spiro atoms. The number of aliphatic hydroxyl groups is 1. The van der Waals surface area contributed by atoms with Crippen molar-refractivity contribution in [3.05, 3.63) is 35.4 Å². The Morgan fingerprint density at radius 1 is 1.33 bits per heavy atom. The summed E-state index contributed by atoms with van der Waals surface area (Å²) in [5, 5.41) is 8.53. The molecule has 0 saturated carbocycles. The molecular formula is C12H11ClO2. The van der Waals surface area contributed by atoms with Crippen LogP contribution in [0.1, 0.15) is 22.3 Å². The van der Waals surface area contributed by atoms with Gasteiger partial charge in [-0.15, -0.1) is 11.6 Å². The molecule has 0 amide bonds. The van der Waals surface area contributed by atoms with E-state index in [9.17, 15) is 4.79 Å². The van der Waals surface area contributed by atoms with Gasteiger partial charge in [-0.25, -0.2) is 0 Å². The molecule has 0 radical (unpaired) electrons. The fourth-order valence-electron chi connectivity index (χ4n) is 1.04. The molecule has 1 rings (SSSR count). The number of rotatable bonds is 3. The van der Waals surface area contributed by atoms with Crippen LogP contribution in [0.2, 0.25) is 0 Å². The highest BCUT2D eigenvalue weighted by Gasteiger charge is 2.02. The summed E-state index contributed by atoms with van der Waals surface area (Å²) in [6.07, 6.45) is 0.461. The minimum Gasteiger partial charge on any atom is -0.395 e. The van der Waals surface area contributed by atoms with Crippen LogP contribution in [0.5, 0.6) is 0 Å². The van der Waals surface area contributed by atoms with Gasteiger partial charge in [0, 0.05) is 17.5 Å². The molecule has 1 aromatic carbocycles. The van der Waals surface area contributed by atoms with Crippen molar-refractivity contribution in [3.8, 4) is 11.8 Å². The van der Waals surface area contributed by atoms with E-state index < -0.39 is 0 Å². The first-order valence-corrected chi connectivity index (χ1v) is 5.10. The number of Topliss-reactive ketones (excluding diaryl/α,β-unsaturated/α-hetero) is 1. The van der Waals surface area contributed by atoms with Crippen LogP contribution in [0.25, 0.3) is 0 Å². The predicted octanol–water partition coefficient (Wildman–Crippen LogP) is 1.84. The molecule has 0 heterocycles. The number of hydrogen-bond acceptors (Lipinski definition) is 2. The van der Waals surface area contributed by atoms with E-state index in [0.29, 0.717) is 12.0 Å². The quantitative estimate of drug-likeness (QED) is 0.482. The Morgan fingerprint density at radius 2 is 2.00 bits per heavy atom. The maximum Gasteiger partial charge on any atom is 0.177 e. The van der Waals surface area contributed by atoms with E-state index in [-0.39, 0.29) is 18.3 Å². The van der Waals surface area contributed by atoms with Gasteiger partial charge in [-0.3, -0.25) is 4.79 Å². The molecule has 0 aliphatic rings. The molecule has 15 heavy (non-hydrogen) atoms. The monoisotopic (exact) mass is 222 g/mol. The number of benzene rings is 1. The van der Waals surface area contributed by atoms with E-state index in [4.69, 9.17) is 16.7 Å². The van der Waals surface area contributed by atoms with E-state index in [2.05, 4.69) is 11.8 Å². The molecule has 1 aromatic rings. The standard InChI is InChI=1S/C12H11ClO2/c13-9-12(15)11-6-4-10(5-7-11)3-1-2-8-14/h4-7,14H,2,8-9H2. The third-order valence-corrected chi connectivity index (χ3v) is 2.04. The van der Waals surface area contributed by atoms with Crippen molar-refractivity contribution < 1.29 is 9.90 Å². The van der Waals surface area contributed by atoms with Crippen molar-refractivity contribution >= 4 is 17.4 Å². The lowest BCUT2D eigenvalue weighted by Gasteiger charge is -1.96. The average molecular weight is 223 g/mol. The normalized spacial score (nSPS) is 9.20. The molecule has 0 aliphatic carbocycles. The van der Waals surface area contributed by atoms with E-state index in [1.54, 1.807) is 24.3 Å². The van der Waals surface area contributed by atoms with E-state index >= 15 is 0 Å². The third-order valence-electron chi connectivity index (χ3n) is 1.80. The molecule has 0 atom stereocenters. The Morgan fingerprint density at radius 3 is 2.53 bits per heavy atom. The zero-order valence-electron chi connectivity index (χ0n) is 8.16. The maximum atomic E-state index is 11.2. The van der Waals surface area contributed by atoms with Gasteiger partial charge in [0.2, 0.25) is 0 Å². The molecular weight excluding hydrogens is 212 g/mol. The molecule has 0 bridgehead atoms. The Hall–Kier alpha value is -1.30. The van der Waals surface area contributed by atoms with Crippen LogP contribution in [0.3, 0.4) is 0 Å². The molecule has 3 heteroatoms. The topological polar surface area (TPSA) is 37.3 Å². The average Bonchev–Trinajstić information content (AvgIpc) is 2.29. The second kappa shape index (κ2) is 6.23. The minimum atomic E-state index is -0.0912. The van der Waals surface area contributed by atoms with Crippen molar-refractivity contribution in [1.82, 2.24) is 0 Å². The Labute approximate surface area is 93.9 Å². The van der Waals surface area contributed by atoms with Crippen molar-refractivity contribution in [2.24, 2.45) is 0 Å². The van der Waals surface area contributed by atoms with Gasteiger partial charge in [0.05, 0.1) is 12.5 Å². The second-order valence-corrected chi connectivity index (χ2v) is 3.18. The minimum absolute atomic E-state index is 0.00443. The highest BCUT2D eigenvalue weighted by molar-refractivity contribution is 6.30. The molecule has 2 nitrogen and oxygen atoms in total. The van der Waals surface area contributed by atoms with Gasteiger partial charge in [-0.1, -0.05) is 24.0 Å². The number of alkyl halides is 1. The fourth-order valence-corrected chi connectivity index (χ4v) is 1.19. The lowest BCUT2D eigenvalue weighted by molar-refractivity contribution is 0.102. The van der Waals surface area contributed by atoms with Crippen molar-refractivity contribution in [3.63, 3.8) is 0 Å². The van der Waals surface area contributed by atoms with Gasteiger partial charge in [-0.05, 0) is 12.1 Å². The van der Waals surface area contributed by atoms with Crippen LogP contribution in [0, 0.1) is 11.8 Å². The third kappa shape index (κ3) is 3.75. The smallest absolute Gasteiger partial charge is 0.177 e. The first-order valence-electron chi connectivity index (χ1n) is 4.57. The number of carbonyl (C=O) groups excluding carboxylic acids is 1. The van der Waals surface area contributed by atoms with Crippen molar-refractivity contribution in [2.75, 3.05) is 12.5 Å². The lowest BCUT2D eigenvalue weighted by atomic mass is 10.1. The number of ketones is 1. The SMILES string of the molecule is O=C(CCl)c1ccc(C#CCCO)cc1. The summed E-state index contributed by atoms with van der Waals surface area (Å²) in [7, 11) is 0. The molecule has 0 unspecified atom stereocenters. The van der Waals surface area contributed by atoms with Gasteiger partial charge in [0.25, 0.3) is 0 Å². The van der Waals surface area contributed by atoms with E-state index in [0.717, 1.165) is 5.56 Å². The predicted molar refractivity (Wildman–Crippen MR) is 60.1 cm³/mol. The summed E-state index contributed by atoms with van der Waals surface area (Å²) in [6.45, 7) is 0.0653. The Kier molecular flexibility index (Phi) is 4.89. The maximum absolute atomic E-state index is 11.2. The molecule has 78 valence electrons. The molecule has 0 fully saturated rings. The summed E-state index contributed by atoms with van der Waals surface area (Å²) in [6, 6.07) is 6.94. The summed E-state index contributed by atoms with van der Waals surface area (Å²) in [4.78, 5) is 11.2. The van der Waals surface area contributed by atoms with Gasteiger partial charge in [-0.2, -0.15) is 0 Å². The number of aliphatic hydroxyl groups excluding tert-OH is 1. The number of hydrogen-bond donors (Lipinski definition) is 1. The van der Waals surface area contributed by atoms with Gasteiger partial charge < -0.3 is 5.11 Å². The molecule has 1 N–H and O–H groups in total. The van der Waals surface area contributed by atoms with Crippen LogP contribution >= 0.6 is 11.6 Å². The van der Waals surface area contributed by atoms with Crippen LogP contribution < -0.4 is 0 Å². The Balaban J connectivity index is 2.73. The molecule has 0 aliphatic heterocycles. The van der Waals surface area contributed by atoms with Crippen LogP contribution in [0.15, 0.2) is 24.3 Å². The Bertz CT molecular complexity index is 384. The zero-order chi connectivity index (χ0) is 11.1. The largest absolute Gasteiger partial charge is 0.395 e. The van der Waals surface area contributed by atoms with E-state index in [1.165, 1.54) is 0 Å². The van der Waals surface area contributed by atoms with Gasteiger partial charge in [0.1, 0.15) is 0 Å². The number of halogens is 1. The summed E-state index contributed by atoms with van der Waals surface area (Å²) in [5.74, 6) is 5.58. The second-order valence-electron chi connectivity index (χ2n) is 2.91. The van der Waals surface area contributed by atoms with Crippen LogP contribution in [-0.2, 0) is 0 Å². The highest BCUT2D eigenvalue weighted by atomic mass is 35.5. The first kappa shape index (κ1) is 11.8. The van der Waals surface area contributed by atoms with Crippen LogP contribution in [-0.4, -0.2) is 23.4 Å². The van der Waals surface area contributed by atoms with Gasteiger partial charge in [0.15, 0.2) is 5.78 Å². The molecule has 0 aromatic heterocycles. The summed E-state index contributed by atoms with van der Waals surface area (Å²) >= 11 is 5.42. The highest BCUT2D eigenvalue weighted by Crippen LogP contribution is 2.05. The number of carbonyl (C=O) groups is 1. The van der Waals surface area contributed by atoms with Crippen molar-refractivity contribution in [2.45, 2.75) is 6.42 Å². The first-order chi connectivity index (χ1) is 7.27. The zero-order valence-corrected chi connectivity index (χ0v) is 8.92. The molecule has 0 saturated heterocycles.